The molecular formula is C22H31FN2O4S. The van der Waals surface area contributed by atoms with E-state index in [9.17, 15) is 17.6 Å². The fourth-order valence-corrected chi connectivity index (χ4v) is 6.49. The van der Waals surface area contributed by atoms with E-state index < -0.39 is 10.0 Å². The zero-order chi connectivity index (χ0) is 21.4. The van der Waals surface area contributed by atoms with Crippen LogP contribution in [0.15, 0.2) is 24.3 Å². The van der Waals surface area contributed by atoms with E-state index in [1.165, 1.54) is 12.1 Å². The number of piperidine rings is 1. The van der Waals surface area contributed by atoms with Crippen molar-refractivity contribution in [3.05, 3.63) is 35.6 Å². The largest absolute Gasteiger partial charge is 0.375 e. The molecule has 0 bridgehead atoms. The van der Waals surface area contributed by atoms with Gasteiger partial charge < -0.3 is 9.64 Å². The van der Waals surface area contributed by atoms with Crippen molar-refractivity contribution in [1.29, 1.82) is 0 Å². The number of likely N-dealkylation sites (tertiary alicyclic amines) is 1. The molecule has 2 heterocycles. The third-order valence-corrected chi connectivity index (χ3v) is 8.66. The van der Waals surface area contributed by atoms with E-state index >= 15 is 0 Å². The van der Waals surface area contributed by atoms with Crippen molar-refractivity contribution in [2.45, 2.75) is 69.6 Å². The van der Waals surface area contributed by atoms with Crippen LogP contribution in [0.25, 0.3) is 0 Å². The highest BCUT2D eigenvalue weighted by Crippen LogP contribution is 2.41. The lowest BCUT2D eigenvalue weighted by atomic mass is 9.82. The first-order valence-electron chi connectivity index (χ1n) is 11.0. The average Bonchev–Trinajstić information content (AvgIpc) is 3.53. The summed E-state index contributed by atoms with van der Waals surface area (Å²) in [4.78, 5) is 14.5. The number of sulfonamides is 1. The average molecular weight is 439 g/mol. The summed E-state index contributed by atoms with van der Waals surface area (Å²) in [7, 11) is -3.23. The molecule has 0 aromatic heterocycles. The van der Waals surface area contributed by atoms with Crippen molar-refractivity contribution in [3.8, 4) is 0 Å². The lowest BCUT2D eigenvalue weighted by Gasteiger charge is -2.48. The Morgan fingerprint density at radius 1 is 1.23 bits per heavy atom. The van der Waals surface area contributed by atoms with Crippen LogP contribution in [0, 0.1) is 5.82 Å². The summed E-state index contributed by atoms with van der Waals surface area (Å²) in [6, 6.07) is 6.31. The van der Waals surface area contributed by atoms with Crippen LogP contribution in [0.4, 0.5) is 4.39 Å². The summed E-state index contributed by atoms with van der Waals surface area (Å²) in [5, 5.41) is 0. The molecule has 1 saturated carbocycles. The molecule has 30 heavy (non-hydrogen) atoms. The van der Waals surface area contributed by atoms with Crippen molar-refractivity contribution in [1.82, 2.24) is 9.21 Å². The highest BCUT2D eigenvalue weighted by Gasteiger charge is 2.48. The van der Waals surface area contributed by atoms with E-state index in [0.717, 1.165) is 19.3 Å². The Morgan fingerprint density at radius 2 is 1.97 bits per heavy atom. The van der Waals surface area contributed by atoms with Gasteiger partial charge in [0, 0.05) is 31.8 Å². The van der Waals surface area contributed by atoms with Gasteiger partial charge in [0.15, 0.2) is 0 Å². The SMILES string of the molecule is CCS(=O)(=O)N(C1CC1)[C@H]1CCOC2(CCN(C(=O)Cc3cccc(F)c3)CC2)C1. The Labute approximate surface area is 178 Å². The molecule has 1 spiro atoms. The molecular weight excluding hydrogens is 407 g/mol. The van der Waals surface area contributed by atoms with E-state index in [4.69, 9.17) is 4.74 Å². The van der Waals surface area contributed by atoms with E-state index in [0.29, 0.717) is 44.5 Å². The number of hydrogen-bond donors (Lipinski definition) is 0. The highest BCUT2D eigenvalue weighted by molar-refractivity contribution is 7.89. The van der Waals surface area contributed by atoms with Gasteiger partial charge in [0.25, 0.3) is 0 Å². The minimum Gasteiger partial charge on any atom is -0.375 e. The Bertz CT molecular complexity index is 879. The number of carbonyl (C=O) groups excluding carboxylic acids is 1. The number of rotatable bonds is 6. The Balaban J connectivity index is 1.38. The fourth-order valence-electron chi connectivity index (χ4n) is 4.90. The molecule has 1 aromatic carbocycles. The lowest BCUT2D eigenvalue weighted by molar-refractivity contribution is -0.146. The maximum absolute atomic E-state index is 13.4. The smallest absolute Gasteiger partial charge is 0.226 e. The second-order valence-electron chi connectivity index (χ2n) is 8.83. The Morgan fingerprint density at radius 3 is 2.60 bits per heavy atom. The van der Waals surface area contributed by atoms with Crippen LogP contribution in [-0.4, -0.2) is 66.7 Å². The van der Waals surface area contributed by atoms with Crippen LogP contribution in [0.2, 0.25) is 0 Å². The topological polar surface area (TPSA) is 66.9 Å². The van der Waals surface area contributed by atoms with E-state index in [-0.39, 0.29) is 41.6 Å². The standard InChI is InChI=1S/C22H31FN2O4S/c1-2-30(27,28)25(19-6-7-19)20-8-13-29-22(16-20)9-11-24(12-10-22)21(26)15-17-4-3-5-18(23)14-17/h3-5,14,19-20H,2,6-13,15-16H2,1H3/t20-/m0/s1. The van der Waals surface area contributed by atoms with Gasteiger partial charge in [0.1, 0.15) is 5.82 Å². The van der Waals surface area contributed by atoms with Crippen molar-refractivity contribution >= 4 is 15.9 Å². The summed E-state index contributed by atoms with van der Waals surface area (Å²) in [6.07, 6.45) is 4.96. The second kappa shape index (κ2) is 8.55. The van der Waals surface area contributed by atoms with Crippen LogP contribution >= 0.6 is 0 Å². The van der Waals surface area contributed by atoms with Crippen LogP contribution in [0.3, 0.4) is 0 Å². The van der Waals surface area contributed by atoms with Gasteiger partial charge in [-0.15, -0.1) is 0 Å². The van der Waals surface area contributed by atoms with Gasteiger partial charge in [-0.1, -0.05) is 12.1 Å². The monoisotopic (exact) mass is 438 g/mol. The fraction of sp³-hybridized carbons (Fsp3) is 0.682. The van der Waals surface area contributed by atoms with Crippen molar-refractivity contribution in [2.75, 3.05) is 25.4 Å². The summed E-state index contributed by atoms with van der Waals surface area (Å²) in [5.41, 5.74) is 0.328. The first-order valence-corrected chi connectivity index (χ1v) is 12.6. The molecule has 8 heteroatoms. The predicted molar refractivity (Wildman–Crippen MR) is 112 cm³/mol. The maximum atomic E-state index is 13.4. The first-order chi connectivity index (χ1) is 14.3. The molecule has 3 fully saturated rings. The Hall–Kier alpha value is -1.51. The molecule has 2 saturated heterocycles. The number of amides is 1. The lowest BCUT2D eigenvalue weighted by Crippen LogP contribution is -2.56. The summed E-state index contributed by atoms with van der Waals surface area (Å²) >= 11 is 0. The van der Waals surface area contributed by atoms with Crippen LogP contribution in [0.5, 0.6) is 0 Å². The number of carbonyl (C=O) groups is 1. The third-order valence-electron chi connectivity index (χ3n) is 6.69. The first kappa shape index (κ1) is 21.7. The van der Waals surface area contributed by atoms with E-state index in [1.54, 1.807) is 23.4 Å². The molecule has 2 aliphatic heterocycles. The molecule has 6 nitrogen and oxygen atoms in total. The molecule has 166 valence electrons. The molecule has 4 rings (SSSR count). The number of ether oxygens (including phenoxy) is 1. The predicted octanol–water partition coefficient (Wildman–Crippen LogP) is 2.72. The van der Waals surface area contributed by atoms with Crippen molar-refractivity contribution in [2.24, 2.45) is 0 Å². The van der Waals surface area contributed by atoms with Crippen LogP contribution < -0.4 is 0 Å². The highest BCUT2D eigenvalue weighted by atomic mass is 32.2. The quantitative estimate of drug-likeness (QED) is 0.685. The van der Waals surface area contributed by atoms with Gasteiger partial charge in [-0.3, -0.25) is 4.79 Å². The van der Waals surface area contributed by atoms with Gasteiger partial charge in [-0.05, 0) is 63.1 Å². The molecule has 3 aliphatic rings. The summed E-state index contributed by atoms with van der Waals surface area (Å²) in [5.74, 6) is -0.200. The molecule has 1 aliphatic carbocycles. The van der Waals surface area contributed by atoms with Gasteiger partial charge in [-0.25, -0.2) is 12.8 Å². The van der Waals surface area contributed by atoms with Crippen molar-refractivity contribution < 1.29 is 22.3 Å². The normalized spacial score (nSPS) is 24.4. The minimum atomic E-state index is -3.23. The zero-order valence-corrected chi connectivity index (χ0v) is 18.4. The van der Waals surface area contributed by atoms with Gasteiger partial charge >= 0.3 is 0 Å². The summed E-state index contributed by atoms with van der Waals surface area (Å²) < 4.78 is 46.7. The summed E-state index contributed by atoms with van der Waals surface area (Å²) in [6.45, 7) is 3.45. The molecule has 1 aromatic rings. The third kappa shape index (κ3) is 4.70. The van der Waals surface area contributed by atoms with Gasteiger partial charge in [-0.2, -0.15) is 4.31 Å². The Kier molecular flexibility index (Phi) is 6.19. The van der Waals surface area contributed by atoms with E-state index in [2.05, 4.69) is 0 Å². The van der Waals surface area contributed by atoms with Crippen LogP contribution in [0.1, 0.15) is 51.0 Å². The molecule has 1 atom stereocenters. The minimum absolute atomic E-state index is 0.00372. The van der Waals surface area contributed by atoms with Gasteiger partial charge in [0.05, 0.1) is 17.8 Å². The molecule has 1 amide bonds. The molecule has 0 radical (unpaired) electrons. The maximum Gasteiger partial charge on any atom is 0.226 e. The molecule has 0 unspecified atom stereocenters. The van der Waals surface area contributed by atoms with Gasteiger partial charge in [0.2, 0.25) is 15.9 Å². The zero-order valence-electron chi connectivity index (χ0n) is 17.6. The number of hydrogen-bond acceptors (Lipinski definition) is 4. The van der Waals surface area contributed by atoms with Crippen molar-refractivity contribution in [3.63, 3.8) is 0 Å². The molecule has 0 N–H and O–H groups in total. The van der Waals surface area contributed by atoms with Crippen LogP contribution in [-0.2, 0) is 26.0 Å². The number of nitrogens with zero attached hydrogens (tertiary/aromatic N) is 2. The van der Waals surface area contributed by atoms with E-state index in [1.807, 2.05) is 4.90 Å². The second-order valence-corrected chi connectivity index (χ2v) is 11.0. The number of halogens is 1. The number of benzene rings is 1.